The molecular weight excluding hydrogens is 483 g/mol. The van der Waals surface area contributed by atoms with Crippen molar-refractivity contribution in [2.45, 2.75) is 47.0 Å². The van der Waals surface area contributed by atoms with Crippen molar-refractivity contribution in [3.05, 3.63) is 46.0 Å². The lowest BCUT2D eigenvalue weighted by Crippen LogP contribution is -2.17. The molecule has 0 spiro atoms. The Morgan fingerprint density at radius 2 is 1.89 bits per heavy atom. The molecule has 0 atom stereocenters. The van der Waals surface area contributed by atoms with Crippen molar-refractivity contribution in [1.29, 1.82) is 0 Å². The SMILES string of the molecule is CCn1cc(C(=O)Nc2c(C(N)=O)sc3nc(C(F)(F)F)cc(-c4cnn(CC)c4C)c23)c(C)n1. The summed E-state index contributed by atoms with van der Waals surface area (Å²) in [6.07, 6.45) is -1.72. The Hall–Kier alpha value is -3.74. The van der Waals surface area contributed by atoms with E-state index in [1.165, 1.54) is 6.20 Å². The van der Waals surface area contributed by atoms with Crippen LogP contribution in [0.5, 0.6) is 0 Å². The van der Waals surface area contributed by atoms with Gasteiger partial charge in [-0.25, -0.2) is 4.98 Å². The van der Waals surface area contributed by atoms with Gasteiger partial charge in [-0.3, -0.25) is 19.0 Å². The number of nitrogens with zero attached hydrogens (tertiary/aromatic N) is 5. The summed E-state index contributed by atoms with van der Waals surface area (Å²) in [7, 11) is 0. The summed E-state index contributed by atoms with van der Waals surface area (Å²) >= 11 is 0.692. The fourth-order valence-corrected chi connectivity index (χ4v) is 4.87. The van der Waals surface area contributed by atoms with Crippen molar-refractivity contribution >= 4 is 39.1 Å². The Balaban J connectivity index is 1.99. The number of hydrogen-bond donors (Lipinski definition) is 2. The smallest absolute Gasteiger partial charge is 0.365 e. The molecule has 4 rings (SSSR count). The Labute approximate surface area is 201 Å². The Bertz CT molecular complexity index is 1470. The van der Waals surface area contributed by atoms with Gasteiger partial charge in [-0.05, 0) is 39.3 Å². The number of thiophene rings is 1. The van der Waals surface area contributed by atoms with E-state index < -0.39 is 23.7 Å². The van der Waals surface area contributed by atoms with E-state index in [9.17, 15) is 22.8 Å². The number of rotatable bonds is 6. The van der Waals surface area contributed by atoms with Crippen LogP contribution in [0.25, 0.3) is 21.3 Å². The van der Waals surface area contributed by atoms with E-state index in [4.69, 9.17) is 5.73 Å². The van der Waals surface area contributed by atoms with Gasteiger partial charge < -0.3 is 11.1 Å². The largest absolute Gasteiger partial charge is 0.433 e. The van der Waals surface area contributed by atoms with E-state index in [1.807, 2.05) is 13.8 Å². The second-order valence-corrected chi connectivity index (χ2v) is 8.80. The number of aromatic nitrogens is 5. The lowest BCUT2D eigenvalue weighted by Gasteiger charge is -2.12. The van der Waals surface area contributed by atoms with E-state index in [0.29, 0.717) is 41.4 Å². The van der Waals surface area contributed by atoms with Crippen molar-refractivity contribution in [1.82, 2.24) is 24.5 Å². The van der Waals surface area contributed by atoms with Gasteiger partial charge >= 0.3 is 6.18 Å². The molecule has 184 valence electrons. The van der Waals surface area contributed by atoms with Crippen LogP contribution < -0.4 is 11.1 Å². The summed E-state index contributed by atoms with van der Waals surface area (Å²) in [4.78, 5) is 29.0. The van der Waals surface area contributed by atoms with Gasteiger partial charge in [-0.1, -0.05) is 0 Å². The number of aryl methyl sites for hydroxylation is 3. The second kappa shape index (κ2) is 8.80. The topological polar surface area (TPSA) is 121 Å². The molecule has 0 saturated carbocycles. The van der Waals surface area contributed by atoms with Crippen LogP contribution in [0.15, 0.2) is 18.5 Å². The maximum absolute atomic E-state index is 13.7. The standard InChI is InChI=1S/C22H22F3N7O2S/c1-5-31-9-14(10(3)30-31)20(34)29-17-16-12(13-8-27-32(6-2)11(13)4)7-15(22(23,24)25)28-21(16)35-18(17)19(26)33/h7-9H,5-6H2,1-4H3,(H2,26,33)(H,29,34). The lowest BCUT2D eigenvalue weighted by molar-refractivity contribution is -0.140. The number of pyridine rings is 1. The third kappa shape index (κ3) is 4.27. The number of nitrogens with one attached hydrogen (secondary N) is 1. The average molecular weight is 506 g/mol. The highest BCUT2D eigenvalue weighted by Crippen LogP contribution is 2.44. The number of carbonyl (C=O) groups is 2. The summed E-state index contributed by atoms with van der Waals surface area (Å²) in [5.41, 5.74) is 6.34. The van der Waals surface area contributed by atoms with E-state index in [2.05, 4.69) is 20.5 Å². The predicted molar refractivity (Wildman–Crippen MR) is 125 cm³/mol. The van der Waals surface area contributed by atoms with Crippen LogP contribution in [-0.2, 0) is 19.3 Å². The quantitative estimate of drug-likeness (QED) is 0.403. The zero-order valence-corrected chi connectivity index (χ0v) is 20.1. The fourth-order valence-electron chi connectivity index (χ4n) is 3.86. The molecule has 9 nitrogen and oxygen atoms in total. The monoisotopic (exact) mass is 505 g/mol. The molecule has 0 radical (unpaired) electrons. The number of amides is 2. The molecule has 4 aromatic rings. The van der Waals surface area contributed by atoms with Crippen molar-refractivity contribution in [3.63, 3.8) is 0 Å². The number of alkyl halides is 3. The van der Waals surface area contributed by atoms with Crippen molar-refractivity contribution in [2.75, 3.05) is 5.32 Å². The normalized spacial score (nSPS) is 11.9. The Morgan fingerprint density at radius 3 is 2.43 bits per heavy atom. The molecule has 4 heterocycles. The van der Waals surface area contributed by atoms with E-state index in [0.717, 1.165) is 6.07 Å². The highest BCUT2D eigenvalue weighted by Gasteiger charge is 2.35. The Kier molecular flexibility index (Phi) is 6.13. The van der Waals surface area contributed by atoms with Gasteiger partial charge in [0.1, 0.15) is 15.4 Å². The van der Waals surface area contributed by atoms with Crippen LogP contribution in [-0.4, -0.2) is 36.4 Å². The Morgan fingerprint density at radius 1 is 1.17 bits per heavy atom. The first-order valence-corrected chi connectivity index (χ1v) is 11.5. The van der Waals surface area contributed by atoms with Crippen LogP contribution in [0, 0.1) is 13.8 Å². The summed E-state index contributed by atoms with van der Waals surface area (Å²) < 4.78 is 44.4. The summed E-state index contributed by atoms with van der Waals surface area (Å²) in [6.45, 7) is 8.15. The lowest BCUT2D eigenvalue weighted by atomic mass is 10.0. The zero-order valence-electron chi connectivity index (χ0n) is 19.3. The van der Waals surface area contributed by atoms with Gasteiger partial charge in [0.25, 0.3) is 11.8 Å². The van der Waals surface area contributed by atoms with Gasteiger partial charge in [0.05, 0.1) is 23.1 Å². The first-order chi connectivity index (χ1) is 16.5. The van der Waals surface area contributed by atoms with Gasteiger partial charge in [0.15, 0.2) is 0 Å². The highest BCUT2D eigenvalue weighted by molar-refractivity contribution is 7.21. The first kappa shape index (κ1) is 24.4. The summed E-state index contributed by atoms with van der Waals surface area (Å²) in [5, 5.41) is 11.4. The van der Waals surface area contributed by atoms with Crippen LogP contribution in [0.3, 0.4) is 0 Å². The molecule has 0 saturated heterocycles. The van der Waals surface area contributed by atoms with Gasteiger partial charge in [-0.2, -0.15) is 23.4 Å². The van der Waals surface area contributed by atoms with Crippen molar-refractivity contribution < 1.29 is 22.8 Å². The molecule has 0 fully saturated rings. The predicted octanol–water partition coefficient (Wildman–Crippen LogP) is 4.38. The van der Waals surface area contributed by atoms with Gasteiger partial charge in [0.2, 0.25) is 0 Å². The average Bonchev–Trinajstić information content (AvgIpc) is 3.47. The van der Waals surface area contributed by atoms with Crippen LogP contribution in [0.4, 0.5) is 18.9 Å². The van der Waals surface area contributed by atoms with E-state index in [-0.39, 0.29) is 31.9 Å². The third-order valence-electron chi connectivity index (χ3n) is 5.62. The molecule has 0 aliphatic carbocycles. The third-order valence-corrected chi connectivity index (χ3v) is 6.72. The molecule has 3 N–H and O–H groups in total. The molecule has 0 bridgehead atoms. The molecule has 0 aliphatic heterocycles. The number of anilines is 1. The molecule has 4 aromatic heterocycles. The van der Waals surface area contributed by atoms with Gasteiger partial charge in [0, 0.05) is 35.9 Å². The van der Waals surface area contributed by atoms with Crippen LogP contribution in [0.2, 0.25) is 0 Å². The molecule has 0 unspecified atom stereocenters. The molecule has 2 amide bonds. The van der Waals surface area contributed by atoms with Crippen molar-refractivity contribution in [3.8, 4) is 11.1 Å². The summed E-state index contributed by atoms with van der Waals surface area (Å²) in [6, 6.07) is 0.903. The van der Waals surface area contributed by atoms with Gasteiger partial charge in [-0.15, -0.1) is 11.3 Å². The highest BCUT2D eigenvalue weighted by atomic mass is 32.1. The number of hydrogen-bond acceptors (Lipinski definition) is 6. The molecule has 0 aromatic carbocycles. The summed E-state index contributed by atoms with van der Waals surface area (Å²) in [5.74, 6) is -1.47. The minimum atomic E-state index is -4.73. The first-order valence-electron chi connectivity index (χ1n) is 10.7. The fraction of sp³-hybridized carbons (Fsp3) is 0.318. The van der Waals surface area contributed by atoms with Crippen molar-refractivity contribution in [2.24, 2.45) is 5.73 Å². The number of carbonyl (C=O) groups excluding carboxylic acids is 2. The molecule has 13 heteroatoms. The molecular formula is C22H22F3N7O2S. The van der Waals surface area contributed by atoms with E-state index in [1.54, 1.807) is 29.4 Å². The molecule has 35 heavy (non-hydrogen) atoms. The molecule has 0 aliphatic rings. The maximum atomic E-state index is 13.7. The maximum Gasteiger partial charge on any atom is 0.433 e. The van der Waals surface area contributed by atoms with Crippen LogP contribution >= 0.6 is 11.3 Å². The van der Waals surface area contributed by atoms with Crippen LogP contribution in [0.1, 0.15) is 51.0 Å². The minimum Gasteiger partial charge on any atom is -0.365 e. The number of fused-ring (bicyclic) bond motifs is 1. The second-order valence-electron chi connectivity index (χ2n) is 7.80. The number of nitrogens with two attached hydrogens (primary N) is 1. The number of primary amides is 1. The van der Waals surface area contributed by atoms with E-state index >= 15 is 0 Å². The number of halogens is 3. The zero-order chi connectivity index (χ0) is 25.7. The minimum absolute atomic E-state index is 0.00558.